The third-order valence-electron chi connectivity index (χ3n) is 6.67. The van der Waals surface area contributed by atoms with Crippen molar-refractivity contribution >= 4 is 0 Å². The molecule has 2 saturated heterocycles. The summed E-state index contributed by atoms with van der Waals surface area (Å²) in [4.78, 5) is 12.2. The van der Waals surface area contributed by atoms with Crippen LogP contribution in [0.15, 0.2) is 32.5 Å². The van der Waals surface area contributed by atoms with Crippen LogP contribution in [0, 0.1) is 13.8 Å². The van der Waals surface area contributed by atoms with E-state index in [2.05, 4.69) is 0 Å². The second kappa shape index (κ2) is 7.59. The van der Waals surface area contributed by atoms with Crippen LogP contribution in [0.1, 0.15) is 58.4 Å². The highest BCUT2D eigenvalue weighted by atomic mass is 16.7. The van der Waals surface area contributed by atoms with Gasteiger partial charge in [-0.2, -0.15) is 0 Å². The molecule has 0 saturated carbocycles. The van der Waals surface area contributed by atoms with E-state index >= 15 is 0 Å². The van der Waals surface area contributed by atoms with Gasteiger partial charge >= 0.3 is 5.63 Å². The van der Waals surface area contributed by atoms with Gasteiger partial charge in [-0.25, -0.2) is 4.79 Å². The first-order chi connectivity index (χ1) is 14.2. The van der Waals surface area contributed by atoms with Gasteiger partial charge in [0, 0.05) is 5.56 Å². The summed E-state index contributed by atoms with van der Waals surface area (Å²) in [5.74, 6) is 0.456. The maximum Gasteiger partial charge on any atom is 0.342 e. The van der Waals surface area contributed by atoms with Crippen LogP contribution in [0.5, 0.6) is 5.75 Å². The topological polar surface area (TPSA) is 102 Å². The molecule has 7 heteroatoms. The Hall–Kier alpha value is -1.93. The lowest BCUT2D eigenvalue weighted by atomic mass is 9.89. The van der Waals surface area contributed by atoms with Gasteiger partial charge in [-0.05, 0) is 78.7 Å². The quantitative estimate of drug-likeness (QED) is 0.524. The lowest BCUT2D eigenvalue weighted by molar-refractivity contribution is -0.0724. The van der Waals surface area contributed by atoms with E-state index in [4.69, 9.17) is 18.6 Å². The number of hydrogen-bond donors (Lipinski definition) is 2. The molecule has 6 atom stereocenters. The SMILES string of the molecule is COc1c(C)c(C(C)(O)/C=C(\C)C(O)/C(C)=C/C2(C)OC(C)C3(C)OC23)oc(=O)c1C. The molecule has 1 aromatic heterocycles. The fraction of sp³-hybridized carbons (Fsp3) is 0.625. The zero-order valence-corrected chi connectivity index (χ0v) is 19.8. The highest BCUT2D eigenvalue weighted by molar-refractivity contribution is 5.43. The first-order valence-corrected chi connectivity index (χ1v) is 10.5. The number of aliphatic hydroxyl groups is 2. The average molecular weight is 435 g/mol. The van der Waals surface area contributed by atoms with Gasteiger partial charge in [-0.1, -0.05) is 0 Å². The number of fused-ring (bicyclic) bond motifs is 1. The van der Waals surface area contributed by atoms with Gasteiger partial charge in [0.25, 0.3) is 0 Å². The summed E-state index contributed by atoms with van der Waals surface area (Å²) in [5.41, 5.74) is -1.06. The Morgan fingerprint density at radius 2 is 1.81 bits per heavy atom. The molecule has 0 radical (unpaired) electrons. The number of hydrogen-bond acceptors (Lipinski definition) is 7. The average Bonchev–Trinajstić information content (AvgIpc) is 3.33. The molecule has 3 rings (SSSR count). The van der Waals surface area contributed by atoms with Gasteiger partial charge in [-0.3, -0.25) is 0 Å². The molecular formula is C24H34O7. The van der Waals surface area contributed by atoms with Crippen molar-refractivity contribution in [3.05, 3.63) is 50.6 Å². The van der Waals surface area contributed by atoms with Crippen LogP contribution in [0.2, 0.25) is 0 Å². The molecule has 0 spiro atoms. The Morgan fingerprint density at radius 1 is 1.19 bits per heavy atom. The van der Waals surface area contributed by atoms with Crippen molar-refractivity contribution in [2.24, 2.45) is 0 Å². The normalized spacial score (nSPS) is 33.6. The van der Waals surface area contributed by atoms with E-state index in [1.807, 2.05) is 33.8 Å². The van der Waals surface area contributed by atoms with Gasteiger partial charge in [0.05, 0.1) is 24.9 Å². The van der Waals surface area contributed by atoms with Crippen LogP contribution in [0.25, 0.3) is 0 Å². The fourth-order valence-corrected chi connectivity index (χ4v) is 4.87. The smallest absolute Gasteiger partial charge is 0.342 e. The van der Waals surface area contributed by atoms with Crippen molar-refractivity contribution in [2.45, 2.75) is 90.5 Å². The van der Waals surface area contributed by atoms with Crippen molar-refractivity contribution in [2.75, 3.05) is 7.11 Å². The molecule has 0 bridgehead atoms. The molecule has 2 fully saturated rings. The Labute approximate surface area is 183 Å². The van der Waals surface area contributed by atoms with Gasteiger partial charge in [0.2, 0.25) is 0 Å². The Morgan fingerprint density at radius 3 is 2.29 bits per heavy atom. The zero-order chi connectivity index (χ0) is 23.5. The predicted molar refractivity (Wildman–Crippen MR) is 116 cm³/mol. The van der Waals surface area contributed by atoms with Crippen LogP contribution in [0.3, 0.4) is 0 Å². The molecule has 0 amide bonds. The van der Waals surface area contributed by atoms with Crippen molar-refractivity contribution in [3.8, 4) is 5.75 Å². The maximum atomic E-state index is 12.2. The minimum Gasteiger partial charge on any atom is -0.496 e. The van der Waals surface area contributed by atoms with Crippen molar-refractivity contribution in [1.82, 2.24) is 0 Å². The lowest BCUT2D eigenvalue weighted by Crippen LogP contribution is -2.31. The number of methoxy groups -OCH3 is 1. The summed E-state index contributed by atoms with van der Waals surface area (Å²) >= 11 is 0. The summed E-state index contributed by atoms with van der Waals surface area (Å²) in [7, 11) is 1.47. The number of epoxide rings is 1. The summed E-state index contributed by atoms with van der Waals surface area (Å²) in [6.07, 6.45) is 2.34. The van der Waals surface area contributed by atoms with E-state index in [-0.39, 0.29) is 23.6 Å². The largest absolute Gasteiger partial charge is 0.496 e. The van der Waals surface area contributed by atoms with Crippen LogP contribution in [-0.4, -0.2) is 46.8 Å². The van der Waals surface area contributed by atoms with Crippen molar-refractivity contribution < 1.29 is 28.8 Å². The number of aliphatic hydroxyl groups excluding tert-OH is 1. The molecule has 7 nitrogen and oxygen atoms in total. The zero-order valence-electron chi connectivity index (χ0n) is 19.8. The molecule has 0 aliphatic carbocycles. The first-order valence-electron chi connectivity index (χ1n) is 10.5. The molecule has 6 unspecified atom stereocenters. The monoisotopic (exact) mass is 434 g/mol. The lowest BCUT2D eigenvalue weighted by Gasteiger charge is -2.27. The van der Waals surface area contributed by atoms with Crippen LogP contribution in [0.4, 0.5) is 0 Å². The van der Waals surface area contributed by atoms with Crippen LogP contribution < -0.4 is 10.4 Å². The molecule has 3 heterocycles. The molecule has 2 N–H and O–H groups in total. The van der Waals surface area contributed by atoms with Gasteiger partial charge in [-0.15, -0.1) is 0 Å². The number of ether oxygens (including phenoxy) is 3. The summed E-state index contributed by atoms with van der Waals surface area (Å²) in [6.45, 7) is 14.3. The summed E-state index contributed by atoms with van der Waals surface area (Å²) in [5, 5.41) is 22.0. The highest BCUT2D eigenvalue weighted by Gasteiger charge is 2.71. The molecule has 2 aliphatic heterocycles. The van der Waals surface area contributed by atoms with Crippen LogP contribution >= 0.6 is 0 Å². The standard InChI is InChI=1S/C24H34O7/c1-12(10-22(6,27)19-14(3)18(28-9)15(4)20(26)29-19)17(25)13(2)11-23(7)21-24(8,31-21)16(5)30-23/h10-11,16-17,21,25,27H,1-9H3/b12-10+,13-11+. The van der Waals surface area contributed by atoms with E-state index in [1.165, 1.54) is 20.1 Å². The van der Waals surface area contributed by atoms with Crippen LogP contribution in [-0.2, 0) is 15.1 Å². The second-order valence-corrected chi connectivity index (χ2v) is 9.45. The molecule has 0 aromatic carbocycles. The Balaban J connectivity index is 1.90. The number of rotatable bonds is 6. The highest BCUT2D eigenvalue weighted by Crippen LogP contribution is 2.55. The molecule has 1 aromatic rings. The molecule has 31 heavy (non-hydrogen) atoms. The predicted octanol–water partition coefficient (Wildman–Crippen LogP) is 3.06. The summed E-state index contributed by atoms with van der Waals surface area (Å²) in [6, 6.07) is 0. The minimum absolute atomic E-state index is 0.0385. The van der Waals surface area contributed by atoms with Crippen molar-refractivity contribution in [3.63, 3.8) is 0 Å². The molecule has 172 valence electrons. The van der Waals surface area contributed by atoms with E-state index in [9.17, 15) is 15.0 Å². The second-order valence-electron chi connectivity index (χ2n) is 9.45. The van der Waals surface area contributed by atoms with Crippen molar-refractivity contribution in [1.29, 1.82) is 0 Å². The van der Waals surface area contributed by atoms with Gasteiger partial charge in [0.1, 0.15) is 34.4 Å². The van der Waals surface area contributed by atoms with E-state index in [0.717, 1.165) is 0 Å². The maximum absolute atomic E-state index is 12.2. The van der Waals surface area contributed by atoms with Gasteiger partial charge in [0.15, 0.2) is 0 Å². The van der Waals surface area contributed by atoms with E-state index in [0.29, 0.717) is 28.0 Å². The van der Waals surface area contributed by atoms with E-state index in [1.54, 1.807) is 20.8 Å². The fourth-order valence-electron chi connectivity index (χ4n) is 4.87. The first kappa shape index (κ1) is 23.7. The third kappa shape index (κ3) is 3.89. The minimum atomic E-state index is -1.63. The molecule has 2 aliphatic rings. The van der Waals surface area contributed by atoms with E-state index < -0.39 is 22.9 Å². The molecular weight excluding hydrogens is 400 g/mol. The Kier molecular flexibility index (Phi) is 5.81. The Bertz CT molecular complexity index is 1000. The summed E-state index contributed by atoms with van der Waals surface area (Å²) < 4.78 is 22.7. The third-order valence-corrected chi connectivity index (χ3v) is 6.67. The van der Waals surface area contributed by atoms with Gasteiger partial charge < -0.3 is 28.8 Å².